The first-order chi connectivity index (χ1) is 39.4. The van der Waals surface area contributed by atoms with Gasteiger partial charge >= 0.3 is 0 Å². The molecule has 4 N–H and O–H groups in total. The summed E-state index contributed by atoms with van der Waals surface area (Å²) in [5.41, 5.74) is 5.86. The lowest BCUT2D eigenvalue weighted by Gasteiger charge is -2.38. The number of rotatable bonds is 20. The highest BCUT2D eigenvalue weighted by atomic mass is 35.5. The number of aromatic nitrogens is 4. The molecule has 82 heavy (non-hydrogen) atoms. The van der Waals surface area contributed by atoms with E-state index in [1.165, 1.54) is 16.2 Å². The fraction of sp³-hybridized carbons (Fsp3) is 0.435. The largest absolute Gasteiger partial charge is 0.493 e. The number of aryl methyl sites for hydroxylation is 1. The van der Waals surface area contributed by atoms with Crippen LogP contribution < -0.4 is 25.6 Å². The van der Waals surface area contributed by atoms with Gasteiger partial charge in [0.05, 0.1) is 74.9 Å². The second kappa shape index (κ2) is 24.6. The SMILES string of the molecule is Cc1ncsc1-c1ccc(CNC(=O)[C@@H]2C[C@@H](O)CN2C(=O)C(NC(=O)C2(F)CC2)C(C)(C)C)c(OCCCCCCC(=O)N2CCC3(CC2)CCN(c2cncc(Nc4ncc(Cl)c(-c5cccc(-c6ccccc6)c5)n4)c2)C3=O)c1. The van der Waals surface area contributed by atoms with E-state index in [2.05, 4.69) is 43.0 Å². The summed E-state index contributed by atoms with van der Waals surface area (Å²) in [6, 6.07) is 23.7. The van der Waals surface area contributed by atoms with Gasteiger partial charge in [0.25, 0.3) is 5.91 Å². The quantitative estimate of drug-likeness (QED) is 0.0526. The maximum atomic E-state index is 14.7. The molecule has 1 saturated carbocycles. The third-order valence-electron chi connectivity index (χ3n) is 16.3. The highest BCUT2D eigenvalue weighted by Gasteiger charge is 2.54. The predicted octanol–water partition coefficient (Wildman–Crippen LogP) is 10.0. The van der Waals surface area contributed by atoms with Crippen molar-refractivity contribution in [3.63, 3.8) is 0 Å². The van der Waals surface area contributed by atoms with Gasteiger partial charge in [-0.3, -0.25) is 29.0 Å². The molecule has 3 aromatic carbocycles. The molecule has 20 heteroatoms. The zero-order valence-electron chi connectivity index (χ0n) is 46.8. The molecule has 3 aliphatic heterocycles. The highest BCUT2D eigenvalue weighted by molar-refractivity contribution is 7.13. The molecule has 1 unspecified atom stereocenters. The van der Waals surface area contributed by atoms with E-state index in [1.807, 2.05) is 78.6 Å². The minimum Gasteiger partial charge on any atom is -0.493 e. The molecular formula is C62H70ClFN10O7S. The monoisotopic (exact) mass is 1150 g/mol. The van der Waals surface area contributed by atoms with Crippen LogP contribution in [0.3, 0.4) is 0 Å². The van der Waals surface area contributed by atoms with Crippen molar-refractivity contribution in [1.82, 2.24) is 40.4 Å². The molecule has 4 fully saturated rings. The molecule has 5 amide bonds. The van der Waals surface area contributed by atoms with Gasteiger partial charge in [-0.15, -0.1) is 11.3 Å². The number of ether oxygens (including phenoxy) is 1. The Labute approximate surface area is 486 Å². The molecule has 0 radical (unpaired) electrons. The number of amides is 5. The molecule has 6 aromatic rings. The number of piperidine rings is 1. The average Bonchev–Trinajstić information content (AvgIpc) is 3.98. The molecule has 3 atom stereocenters. The van der Waals surface area contributed by atoms with Gasteiger partial charge in [0.1, 0.15) is 17.8 Å². The number of nitrogens with zero attached hydrogens (tertiary/aromatic N) is 7. The number of hydrogen-bond acceptors (Lipinski definition) is 13. The number of thiazole rings is 1. The number of aliphatic hydroxyl groups is 1. The summed E-state index contributed by atoms with van der Waals surface area (Å²) in [5, 5.41) is 19.9. The number of benzene rings is 3. The number of hydrogen-bond donors (Lipinski definition) is 4. The van der Waals surface area contributed by atoms with Crippen LogP contribution in [0.25, 0.3) is 32.8 Å². The Morgan fingerprint density at radius 2 is 1.61 bits per heavy atom. The van der Waals surface area contributed by atoms with Gasteiger partial charge in [-0.05, 0) is 92.2 Å². The van der Waals surface area contributed by atoms with E-state index >= 15 is 0 Å². The minimum atomic E-state index is -1.98. The van der Waals surface area contributed by atoms with Crippen LogP contribution in [-0.2, 0) is 30.5 Å². The maximum absolute atomic E-state index is 14.7. The van der Waals surface area contributed by atoms with Crippen LogP contribution in [0.4, 0.5) is 21.7 Å². The van der Waals surface area contributed by atoms with Gasteiger partial charge in [0.2, 0.25) is 29.6 Å². The van der Waals surface area contributed by atoms with Crippen LogP contribution in [0.2, 0.25) is 5.02 Å². The average molecular weight is 1150 g/mol. The van der Waals surface area contributed by atoms with Crippen LogP contribution in [0.15, 0.2) is 103 Å². The molecule has 1 spiro atoms. The molecule has 3 aromatic heterocycles. The van der Waals surface area contributed by atoms with E-state index in [1.54, 1.807) is 49.8 Å². The number of anilines is 3. The first-order valence-electron chi connectivity index (χ1n) is 28.3. The Hall–Kier alpha value is -7.35. The van der Waals surface area contributed by atoms with Crippen molar-refractivity contribution >= 4 is 69.8 Å². The van der Waals surface area contributed by atoms with Crippen molar-refractivity contribution < 1.29 is 38.2 Å². The zero-order chi connectivity index (χ0) is 57.8. The molecule has 10 rings (SSSR count). The first kappa shape index (κ1) is 57.9. The Balaban J connectivity index is 0.679. The number of pyridine rings is 1. The van der Waals surface area contributed by atoms with Crippen molar-refractivity contribution in [3.05, 3.63) is 119 Å². The predicted molar refractivity (Wildman–Crippen MR) is 314 cm³/mol. The number of β-amino-alcohol motifs (C(OH)–C–C–N with tert-alkyl or cyclic N) is 1. The fourth-order valence-electron chi connectivity index (χ4n) is 11.2. The van der Waals surface area contributed by atoms with E-state index in [9.17, 15) is 33.5 Å². The fourth-order valence-corrected chi connectivity index (χ4v) is 12.2. The second-order valence-corrected chi connectivity index (χ2v) is 24.5. The number of carbonyl (C=O) groups is 5. The summed E-state index contributed by atoms with van der Waals surface area (Å²) in [5.74, 6) is -0.774. The molecule has 0 bridgehead atoms. The van der Waals surface area contributed by atoms with Crippen LogP contribution in [-0.4, -0.2) is 121 Å². The third-order valence-corrected chi connectivity index (χ3v) is 17.5. The molecular weight excluding hydrogens is 1080 g/mol. The van der Waals surface area contributed by atoms with E-state index in [0.29, 0.717) is 85.7 Å². The van der Waals surface area contributed by atoms with Gasteiger partial charge in [0, 0.05) is 56.7 Å². The maximum Gasteiger partial charge on any atom is 0.258 e. The normalized spacial score (nSPS) is 18.6. The van der Waals surface area contributed by atoms with E-state index in [0.717, 1.165) is 64.1 Å². The summed E-state index contributed by atoms with van der Waals surface area (Å²) in [4.78, 5) is 92.4. The summed E-state index contributed by atoms with van der Waals surface area (Å²) in [6.45, 7) is 9.22. The Bertz CT molecular complexity index is 3330. The number of nitrogens with one attached hydrogen (secondary N) is 3. The second-order valence-electron chi connectivity index (χ2n) is 23.2. The molecule has 6 heterocycles. The summed E-state index contributed by atoms with van der Waals surface area (Å²) in [6.07, 6.45) is 9.62. The topological polar surface area (TPSA) is 212 Å². The molecule has 1 aliphatic carbocycles. The van der Waals surface area contributed by atoms with Gasteiger partial charge in [-0.1, -0.05) is 106 Å². The standard InChI is InChI=1S/C62H70ClFN10O7S/c1-39-53(82-38-68-39)43-18-19-44(33-66-55(77)49-32-47(75)37-74(49)56(78)54(60(2,3)4)71-57(79)62(64)20-21-62)50(30-43)81-28-11-6-5-10-17-51(76)72-25-22-61(23-26-72)24-27-73(58(61)80)46-31-45(34-65-35-46)69-59-67-36-48(63)52(70-59)42-16-12-15-41(29-42)40-13-8-7-9-14-40/h7-9,12-16,18-19,29-31,34-36,38,47,49,54,75H,5-6,10-11,17,20-28,32-33,37H2,1-4H3,(H,66,77)(H,71,79)(H,67,69,70)/t47-,49+,54?/m1/s1. The lowest BCUT2D eigenvalue weighted by molar-refractivity contribution is -0.145. The summed E-state index contributed by atoms with van der Waals surface area (Å²) < 4.78 is 21.1. The molecule has 430 valence electrons. The first-order valence-corrected chi connectivity index (χ1v) is 29.6. The van der Waals surface area contributed by atoms with Gasteiger partial charge in [0.15, 0.2) is 5.67 Å². The Morgan fingerprint density at radius 3 is 2.35 bits per heavy atom. The van der Waals surface area contributed by atoms with Crippen LogP contribution in [0.5, 0.6) is 5.75 Å². The summed E-state index contributed by atoms with van der Waals surface area (Å²) >= 11 is 8.15. The van der Waals surface area contributed by atoms with Gasteiger partial charge < -0.3 is 40.5 Å². The van der Waals surface area contributed by atoms with Crippen LogP contribution in [0.1, 0.15) is 103 Å². The molecule has 17 nitrogen and oxygen atoms in total. The number of halogens is 2. The smallest absolute Gasteiger partial charge is 0.258 e. The lowest BCUT2D eigenvalue weighted by Crippen LogP contribution is -2.59. The van der Waals surface area contributed by atoms with E-state index in [-0.39, 0.29) is 44.2 Å². The minimum absolute atomic E-state index is 0.0136. The lowest BCUT2D eigenvalue weighted by atomic mass is 9.77. The van der Waals surface area contributed by atoms with Crippen molar-refractivity contribution in [3.8, 4) is 38.6 Å². The zero-order valence-corrected chi connectivity index (χ0v) is 48.3. The number of likely N-dealkylation sites (tertiary alicyclic amines) is 2. The molecule has 4 aliphatic rings. The Morgan fingerprint density at radius 1 is 0.866 bits per heavy atom. The van der Waals surface area contributed by atoms with E-state index in [4.69, 9.17) is 21.3 Å². The molecule has 3 saturated heterocycles. The van der Waals surface area contributed by atoms with Crippen molar-refractivity contribution in [2.75, 3.05) is 43.0 Å². The number of aliphatic hydroxyl groups excluding tert-OH is 1. The number of alkyl halides is 1. The van der Waals surface area contributed by atoms with Crippen molar-refractivity contribution in [1.29, 1.82) is 0 Å². The van der Waals surface area contributed by atoms with Crippen LogP contribution in [0, 0.1) is 17.8 Å². The Kier molecular flexibility index (Phi) is 17.4. The van der Waals surface area contributed by atoms with Crippen molar-refractivity contribution in [2.24, 2.45) is 10.8 Å². The third kappa shape index (κ3) is 13.1. The van der Waals surface area contributed by atoms with E-state index < -0.39 is 52.4 Å². The van der Waals surface area contributed by atoms with Crippen LogP contribution >= 0.6 is 22.9 Å². The number of unbranched alkanes of at least 4 members (excludes halogenated alkanes) is 3. The van der Waals surface area contributed by atoms with Crippen molar-refractivity contribution in [2.45, 2.75) is 129 Å². The summed E-state index contributed by atoms with van der Waals surface area (Å²) in [7, 11) is 0. The van der Waals surface area contributed by atoms with Gasteiger partial charge in [-0.2, -0.15) is 0 Å². The highest BCUT2D eigenvalue weighted by Crippen LogP contribution is 2.44. The number of carbonyl (C=O) groups excluding carboxylic acids is 5. The van der Waals surface area contributed by atoms with Gasteiger partial charge in [-0.25, -0.2) is 19.3 Å².